The Labute approximate surface area is 243 Å². The van der Waals surface area contributed by atoms with Gasteiger partial charge in [-0.05, 0) is 0 Å². The third-order valence-electron chi connectivity index (χ3n) is 2.35. The number of aliphatic carboxylic acids is 6. The molecule has 0 heterocycles. The van der Waals surface area contributed by atoms with E-state index in [4.69, 9.17) is 30.6 Å². The number of rotatable bonds is 9. The number of carboxylic acid groups (broad SMARTS) is 6. The van der Waals surface area contributed by atoms with Gasteiger partial charge in [-0.25, -0.2) is 0 Å². The molecule has 0 aromatic rings. The van der Waals surface area contributed by atoms with Crippen molar-refractivity contribution in [1.82, 2.24) is 0 Å². The zero-order chi connectivity index (χ0) is 24.9. The Morgan fingerprint density at radius 1 is 0.344 bits per heavy atom. The minimum atomic E-state index is -2.44. The molecule has 6 atom stereocenters. The number of carbonyl (C=O) groups is 6. The van der Waals surface area contributed by atoms with Gasteiger partial charge in [-0.3, -0.25) is 0 Å². The molecule has 0 saturated heterocycles. The molecule has 0 aliphatic carbocycles. The molecule has 0 bridgehead atoms. The predicted molar refractivity (Wildman–Crippen MR) is 66.1 cm³/mol. The van der Waals surface area contributed by atoms with Crippen LogP contribution in [0.5, 0.6) is 0 Å². The smallest absolute Gasteiger partial charge is 0.547 e. The summed E-state index contributed by atoms with van der Waals surface area (Å²) < 4.78 is 0. The van der Waals surface area contributed by atoms with Crippen molar-refractivity contribution >= 4 is 35.8 Å². The summed E-state index contributed by atoms with van der Waals surface area (Å²) in [6.45, 7) is 0. The monoisotopic (exact) mass is 724 g/mol. The van der Waals surface area contributed by atoms with Crippen LogP contribution in [0.2, 0.25) is 0 Å². The van der Waals surface area contributed by atoms with Crippen LogP contribution in [0.3, 0.4) is 0 Å². The molecule has 0 saturated carbocycles. The van der Waals surface area contributed by atoms with Crippen LogP contribution < -0.4 is 30.6 Å². The Kier molecular flexibility index (Phi) is 27.2. The normalized spacial score (nSPS) is 14.8. The van der Waals surface area contributed by atoms with Gasteiger partial charge < -0.3 is 90.0 Å². The Morgan fingerprint density at radius 3 is 0.438 bits per heavy atom. The van der Waals surface area contributed by atoms with E-state index < -0.39 is 72.4 Å². The molecule has 32 heavy (non-hydrogen) atoms. The van der Waals surface area contributed by atoms with E-state index in [1.54, 1.807) is 0 Å². The van der Waals surface area contributed by atoms with Crippen LogP contribution in [0.15, 0.2) is 0 Å². The Balaban J connectivity index is -0.000000110. The summed E-state index contributed by atoms with van der Waals surface area (Å²) in [6.07, 6.45) is -14.6. The largest absolute Gasteiger partial charge is 3.00 e. The summed E-state index contributed by atoms with van der Waals surface area (Å²) >= 11 is 0. The minimum absolute atomic E-state index is 0. The second kappa shape index (κ2) is 20.9. The van der Waals surface area contributed by atoms with Crippen molar-refractivity contribution in [2.75, 3.05) is 0 Å². The van der Waals surface area contributed by atoms with Crippen molar-refractivity contribution in [3.05, 3.63) is 0 Å². The maximum absolute atomic E-state index is 9.63. The van der Waals surface area contributed by atoms with Gasteiger partial charge in [-0.15, -0.1) is 0 Å². The second-order valence-electron chi connectivity index (χ2n) is 4.58. The fourth-order valence-corrected chi connectivity index (χ4v) is 0.773. The molecule has 0 spiro atoms. The summed E-state index contributed by atoms with van der Waals surface area (Å²) in [4.78, 5) is 57.8. The molecule has 0 aromatic heterocycles. The van der Waals surface area contributed by atoms with Crippen LogP contribution >= 0.6 is 0 Å². The fraction of sp³-hybridized carbons (Fsp3) is 0.500. The predicted octanol–water partition coefficient (Wildman–Crippen LogP) is -14.4. The summed E-state index contributed by atoms with van der Waals surface area (Å²) in [7, 11) is 0. The maximum Gasteiger partial charge on any atom is 3.00 e. The van der Waals surface area contributed by atoms with Crippen molar-refractivity contribution in [1.29, 1.82) is 0 Å². The van der Waals surface area contributed by atoms with Gasteiger partial charge in [0.1, 0.15) is 36.6 Å². The zero-order valence-electron chi connectivity index (χ0n) is 15.0. The van der Waals surface area contributed by atoms with Gasteiger partial charge in [0.15, 0.2) is 0 Å². The first-order valence-electron chi connectivity index (χ1n) is 6.73. The van der Waals surface area contributed by atoms with Crippen LogP contribution in [-0.4, -0.2) is 103 Å². The van der Waals surface area contributed by atoms with E-state index in [2.05, 4.69) is 0 Å². The summed E-state index contributed by atoms with van der Waals surface area (Å²) in [6, 6.07) is 0. The van der Waals surface area contributed by atoms with Crippen LogP contribution in [0.25, 0.3) is 0 Å². The SMILES string of the molecule is O=C([O-])C(O)C(O)C(=O)[O-].O=C([O-])C(O)C(O)C(=O)[O-].O=C([O-])C(O)C(O)C(=O)[O-].[Ce+3].[Ce+3]. The van der Waals surface area contributed by atoms with Gasteiger partial charge in [0, 0.05) is 0 Å². The summed E-state index contributed by atoms with van der Waals surface area (Å²) in [5.41, 5.74) is 0. The first kappa shape index (κ1) is 41.6. The molecule has 0 aliphatic heterocycles. The van der Waals surface area contributed by atoms with Gasteiger partial charge >= 0.3 is 83.5 Å². The van der Waals surface area contributed by atoms with E-state index in [9.17, 15) is 59.4 Å². The fourth-order valence-electron chi connectivity index (χ4n) is 0.773. The molecular weight excluding hydrogens is 712 g/mol. The van der Waals surface area contributed by atoms with Gasteiger partial charge in [0.05, 0.1) is 35.8 Å². The van der Waals surface area contributed by atoms with E-state index >= 15 is 0 Å². The maximum atomic E-state index is 9.63. The third kappa shape index (κ3) is 18.9. The molecule has 6 unspecified atom stereocenters. The van der Waals surface area contributed by atoms with Crippen molar-refractivity contribution in [2.45, 2.75) is 36.6 Å². The summed E-state index contributed by atoms with van der Waals surface area (Å²) in [5.74, 6) is -12.4. The topological polar surface area (TPSA) is 362 Å². The number of hydrogen-bond acceptors (Lipinski definition) is 18. The Bertz CT molecular complexity index is 498. The van der Waals surface area contributed by atoms with E-state index in [1.807, 2.05) is 0 Å². The van der Waals surface area contributed by atoms with Crippen molar-refractivity contribution in [3.63, 3.8) is 0 Å². The van der Waals surface area contributed by atoms with Crippen LogP contribution in [-0.2, 0) is 28.8 Å². The average Bonchev–Trinajstić information content (AvgIpc) is 2.64. The van der Waals surface area contributed by atoms with Crippen LogP contribution in [0.1, 0.15) is 0 Å². The number of aliphatic hydroxyl groups is 6. The van der Waals surface area contributed by atoms with Crippen LogP contribution in [0.4, 0.5) is 0 Å². The van der Waals surface area contributed by atoms with Gasteiger partial charge in [0.25, 0.3) is 0 Å². The first-order valence-corrected chi connectivity index (χ1v) is 6.73. The minimum Gasteiger partial charge on any atom is -0.547 e. The van der Waals surface area contributed by atoms with Crippen molar-refractivity contribution < 1.29 is 174 Å². The van der Waals surface area contributed by atoms with E-state index in [-0.39, 0.29) is 83.5 Å². The summed E-state index contributed by atoms with van der Waals surface area (Å²) in [5, 5.41) is 107. The molecule has 0 aromatic carbocycles. The Morgan fingerprint density at radius 2 is 0.406 bits per heavy atom. The number of carbonyl (C=O) groups excluding carboxylic acids is 6. The van der Waals surface area contributed by atoms with Gasteiger partial charge in [0.2, 0.25) is 0 Å². The molecule has 2 radical (unpaired) electrons. The van der Waals surface area contributed by atoms with E-state index in [1.165, 1.54) is 0 Å². The number of hydrogen-bond donors (Lipinski definition) is 6. The molecule has 0 rings (SSSR count). The quantitative estimate of drug-likeness (QED) is 0.128. The molecule has 6 N–H and O–H groups in total. The molecule has 0 aliphatic rings. The standard InChI is InChI=1S/3C4H6O6.2Ce/c3*5-1(3(7)8)2(6)4(9)10;;/h3*1-2,5-6H,(H,7,8)(H,9,10);;/q;;;2*+3/p-6. The molecule has 176 valence electrons. The van der Waals surface area contributed by atoms with Gasteiger partial charge in [-0.1, -0.05) is 0 Å². The third-order valence-corrected chi connectivity index (χ3v) is 2.35. The van der Waals surface area contributed by atoms with Crippen molar-refractivity contribution in [2.24, 2.45) is 0 Å². The zero-order valence-corrected chi connectivity index (χ0v) is 21.3. The Hall–Kier alpha value is -0.667. The molecular formula is C12H12Ce2O18. The second-order valence-corrected chi connectivity index (χ2v) is 4.58. The van der Waals surface area contributed by atoms with E-state index in [0.29, 0.717) is 0 Å². The molecule has 0 amide bonds. The molecule has 0 fully saturated rings. The van der Waals surface area contributed by atoms with E-state index in [0.717, 1.165) is 0 Å². The van der Waals surface area contributed by atoms with Gasteiger partial charge in [-0.2, -0.15) is 0 Å². The number of aliphatic hydroxyl groups excluding tert-OH is 6. The average molecular weight is 724 g/mol. The number of carboxylic acids is 6. The first-order chi connectivity index (χ1) is 13.4. The molecule has 20 heteroatoms. The van der Waals surface area contributed by atoms with Crippen LogP contribution in [0, 0.1) is 83.5 Å². The van der Waals surface area contributed by atoms with Crippen molar-refractivity contribution in [3.8, 4) is 0 Å². The molecule has 18 nitrogen and oxygen atoms in total.